The number of benzene rings is 3. The number of aromatic nitrogens is 2. The van der Waals surface area contributed by atoms with E-state index in [4.69, 9.17) is 32.4 Å². The van der Waals surface area contributed by atoms with Gasteiger partial charge in [0.2, 0.25) is 11.6 Å². The van der Waals surface area contributed by atoms with Crippen LogP contribution < -0.4 is 10.3 Å². The van der Waals surface area contributed by atoms with E-state index in [2.05, 4.69) is 10.1 Å². The lowest BCUT2D eigenvalue weighted by molar-refractivity contribution is -0.386. The molecule has 9 nitrogen and oxygen atoms in total. The van der Waals surface area contributed by atoms with Gasteiger partial charge in [0.1, 0.15) is 5.58 Å². The van der Waals surface area contributed by atoms with Crippen LogP contribution in [0.2, 0.25) is 10.0 Å². The Hall–Kier alpha value is -4.21. The summed E-state index contributed by atoms with van der Waals surface area (Å²) in [5.41, 5.74) is 0.536. The van der Waals surface area contributed by atoms with Crippen molar-refractivity contribution in [2.75, 3.05) is 0 Å². The summed E-state index contributed by atoms with van der Waals surface area (Å²) < 4.78 is 12.6. The number of ether oxygens (including phenoxy) is 1. The first-order chi connectivity index (χ1) is 17.7. The van der Waals surface area contributed by atoms with Crippen LogP contribution in [0.5, 0.6) is 5.75 Å². The summed E-state index contributed by atoms with van der Waals surface area (Å²) in [5.74, 6) is 0.402. The fraction of sp³-hybridized carbons (Fsp3) is 0.115. The molecule has 37 heavy (non-hydrogen) atoms. The molecule has 0 aliphatic rings. The van der Waals surface area contributed by atoms with Crippen LogP contribution in [-0.2, 0) is 0 Å². The van der Waals surface area contributed by atoms with Gasteiger partial charge in [-0.3, -0.25) is 14.9 Å². The minimum absolute atomic E-state index is 0.0371. The Labute approximate surface area is 219 Å². The van der Waals surface area contributed by atoms with Crippen molar-refractivity contribution in [2.24, 2.45) is 5.10 Å². The summed E-state index contributed by atoms with van der Waals surface area (Å²) >= 11 is 12.4. The molecule has 0 unspecified atom stereocenters. The van der Waals surface area contributed by atoms with Crippen LogP contribution in [0.25, 0.3) is 33.5 Å². The Balaban J connectivity index is 1.68. The lowest BCUT2D eigenvalue weighted by Gasteiger charge is -2.12. The van der Waals surface area contributed by atoms with Gasteiger partial charge in [-0.15, -0.1) is 0 Å². The van der Waals surface area contributed by atoms with Crippen LogP contribution in [-0.4, -0.2) is 26.9 Å². The number of nitro groups is 1. The number of nitro benzene ring substituents is 1. The average Bonchev–Trinajstić information content (AvgIpc) is 3.27. The van der Waals surface area contributed by atoms with Gasteiger partial charge in [0.25, 0.3) is 5.56 Å². The molecule has 0 saturated heterocycles. The van der Waals surface area contributed by atoms with E-state index in [1.54, 1.807) is 62.4 Å². The summed E-state index contributed by atoms with van der Waals surface area (Å²) in [6.07, 6.45) is 0.970. The fourth-order valence-electron chi connectivity index (χ4n) is 3.80. The predicted molar refractivity (Wildman–Crippen MR) is 143 cm³/mol. The molecule has 3 aromatic carbocycles. The van der Waals surface area contributed by atoms with Crippen molar-refractivity contribution in [3.63, 3.8) is 0 Å². The monoisotopic (exact) mass is 536 g/mol. The van der Waals surface area contributed by atoms with E-state index in [-0.39, 0.29) is 34.0 Å². The normalized spacial score (nSPS) is 11.7. The zero-order valence-corrected chi connectivity index (χ0v) is 21.0. The van der Waals surface area contributed by atoms with Crippen LogP contribution in [0.4, 0.5) is 5.69 Å². The molecule has 0 amide bonds. The highest BCUT2D eigenvalue weighted by Crippen LogP contribution is 2.36. The maximum Gasteiger partial charge on any atom is 0.313 e. The molecule has 0 radical (unpaired) electrons. The highest BCUT2D eigenvalue weighted by atomic mass is 35.5. The summed E-state index contributed by atoms with van der Waals surface area (Å²) in [4.78, 5) is 29.1. The maximum absolute atomic E-state index is 13.4. The van der Waals surface area contributed by atoms with E-state index in [1.165, 1.54) is 18.3 Å². The van der Waals surface area contributed by atoms with Crippen LogP contribution in [0.1, 0.15) is 19.4 Å². The summed E-state index contributed by atoms with van der Waals surface area (Å²) in [6.45, 7) is 3.48. The Morgan fingerprint density at radius 3 is 2.68 bits per heavy atom. The first kappa shape index (κ1) is 24.5. The smallest absolute Gasteiger partial charge is 0.313 e. The zero-order valence-electron chi connectivity index (χ0n) is 19.5. The first-order valence-electron chi connectivity index (χ1n) is 11.1. The number of hydrogen-bond acceptors (Lipinski definition) is 7. The molecule has 0 aliphatic carbocycles. The third-order valence-electron chi connectivity index (χ3n) is 5.37. The molecule has 0 N–H and O–H groups in total. The molecule has 0 fully saturated rings. The predicted octanol–water partition coefficient (Wildman–Crippen LogP) is 6.69. The number of nitrogens with zero attached hydrogens (tertiary/aromatic N) is 4. The zero-order chi connectivity index (χ0) is 26.3. The number of halogens is 2. The van der Waals surface area contributed by atoms with Crippen molar-refractivity contribution in [1.29, 1.82) is 0 Å². The van der Waals surface area contributed by atoms with Crippen molar-refractivity contribution in [1.82, 2.24) is 9.66 Å². The quantitative estimate of drug-likeness (QED) is 0.135. The molecule has 0 saturated carbocycles. The Morgan fingerprint density at radius 1 is 1.14 bits per heavy atom. The van der Waals surface area contributed by atoms with Gasteiger partial charge in [-0.1, -0.05) is 35.3 Å². The molecule has 2 heterocycles. The molecule has 0 atom stereocenters. The molecule has 0 spiro atoms. The van der Waals surface area contributed by atoms with Gasteiger partial charge in [-0.2, -0.15) is 9.78 Å². The molecule has 186 valence electrons. The standard InChI is InChI=1S/C26H18Cl2N4O5/c1-14(2)36-24-19(28)9-15(10-21(24)32(34)35)13-29-31-25(30-20-6-4-3-5-18(20)26(31)33)23-12-16-11-17(27)7-8-22(16)37-23/h3-14H,1-2H3. The number of fused-ring (bicyclic) bond motifs is 2. The van der Waals surface area contributed by atoms with Gasteiger partial charge in [0.05, 0.1) is 33.2 Å². The minimum Gasteiger partial charge on any atom is -0.483 e. The van der Waals surface area contributed by atoms with Crippen molar-refractivity contribution in [3.05, 3.63) is 96.7 Å². The van der Waals surface area contributed by atoms with Gasteiger partial charge in [0, 0.05) is 22.0 Å². The number of para-hydroxylation sites is 1. The van der Waals surface area contributed by atoms with Crippen LogP contribution in [0.3, 0.4) is 0 Å². The summed E-state index contributed by atoms with van der Waals surface area (Å²) in [7, 11) is 0. The third kappa shape index (κ3) is 4.78. The van der Waals surface area contributed by atoms with E-state index in [9.17, 15) is 14.9 Å². The van der Waals surface area contributed by atoms with Crippen LogP contribution in [0.15, 0.2) is 75.0 Å². The van der Waals surface area contributed by atoms with Gasteiger partial charge in [0.15, 0.2) is 5.76 Å². The van der Waals surface area contributed by atoms with Gasteiger partial charge in [-0.25, -0.2) is 4.98 Å². The molecular weight excluding hydrogens is 519 g/mol. The van der Waals surface area contributed by atoms with E-state index in [0.29, 0.717) is 27.3 Å². The Bertz CT molecular complexity index is 1780. The van der Waals surface area contributed by atoms with E-state index >= 15 is 0 Å². The summed E-state index contributed by atoms with van der Waals surface area (Å²) in [5, 5.41) is 17.6. The lowest BCUT2D eigenvalue weighted by Crippen LogP contribution is -2.20. The SMILES string of the molecule is CC(C)Oc1c(Cl)cc(C=Nn2c(-c3cc4cc(Cl)ccc4o3)nc3ccccc3c2=O)cc1[N+](=O)[O-]. The highest BCUT2D eigenvalue weighted by Gasteiger charge is 2.22. The number of furan rings is 1. The lowest BCUT2D eigenvalue weighted by atomic mass is 10.2. The second-order valence-corrected chi connectivity index (χ2v) is 9.23. The molecule has 5 aromatic rings. The van der Waals surface area contributed by atoms with Crippen molar-refractivity contribution in [2.45, 2.75) is 20.0 Å². The fourth-order valence-corrected chi connectivity index (χ4v) is 4.25. The topological polar surface area (TPSA) is 113 Å². The second-order valence-electron chi connectivity index (χ2n) is 8.38. The molecule has 2 aromatic heterocycles. The first-order valence-corrected chi connectivity index (χ1v) is 11.9. The molecular formula is C26H18Cl2N4O5. The molecule has 0 aliphatic heterocycles. The van der Waals surface area contributed by atoms with Crippen molar-refractivity contribution < 1.29 is 14.1 Å². The Morgan fingerprint density at radius 2 is 1.92 bits per heavy atom. The Kier molecular flexibility index (Phi) is 6.41. The molecule has 0 bridgehead atoms. The second kappa shape index (κ2) is 9.68. The largest absolute Gasteiger partial charge is 0.483 e. The minimum atomic E-state index is -0.588. The van der Waals surface area contributed by atoms with Gasteiger partial charge < -0.3 is 9.15 Å². The third-order valence-corrected chi connectivity index (χ3v) is 5.89. The van der Waals surface area contributed by atoms with Gasteiger partial charge in [-0.05, 0) is 56.3 Å². The van der Waals surface area contributed by atoms with Crippen LogP contribution in [0, 0.1) is 10.1 Å². The van der Waals surface area contributed by atoms with Crippen molar-refractivity contribution >= 4 is 57.0 Å². The van der Waals surface area contributed by atoms with Crippen molar-refractivity contribution in [3.8, 4) is 17.3 Å². The van der Waals surface area contributed by atoms with E-state index in [1.807, 2.05) is 0 Å². The van der Waals surface area contributed by atoms with E-state index < -0.39 is 10.5 Å². The average molecular weight is 537 g/mol. The number of hydrogen-bond donors (Lipinski definition) is 0. The molecule has 11 heteroatoms. The molecule has 5 rings (SSSR count). The summed E-state index contributed by atoms with van der Waals surface area (Å²) in [6, 6.07) is 16.4. The van der Waals surface area contributed by atoms with Gasteiger partial charge >= 0.3 is 5.69 Å². The maximum atomic E-state index is 13.4. The van der Waals surface area contributed by atoms with E-state index in [0.717, 1.165) is 10.1 Å². The number of rotatable bonds is 6. The highest BCUT2D eigenvalue weighted by molar-refractivity contribution is 6.32. The van der Waals surface area contributed by atoms with Crippen LogP contribution >= 0.6 is 23.2 Å².